The molecule has 0 atom stereocenters. The van der Waals surface area contributed by atoms with Gasteiger partial charge in [0.15, 0.2) is 5.16 Å². The van der Waals surface area contributed by atoms with Gasteiger partial charge < -0.3 is 15.5 Å². The molecule has 1 aromatic carbocycles. The zero-order valence-corrected chi connectivity index (χ0v) is 21.0. The molecule has 0 spiro atoms. The Balaban J connectivity index is 2.21. The molecule has 9 heteroatoms. The average Bonchev–Trinajstić information content (AvgIpc) is 2.78. The summed E-state index contributed by atoms with van der Waals surface area (Å²) < 4.78 is 14.2. The molecule has 33 heavy (non-hydrogen) atoms. The monoisotopic (exact) mass is 472 g/mol. The second-order valence-electron chi connectivity index (χ2n) is 7.61. The number of amides is 1. The van der Waals surface area contributed by atoms with Crippen molar-refractivity contribution in [1.29, 1.82) is 0 Å². The number of carbonyl (C=O) groups is 1. The van der Waals surface area contributed by atoms with E-state index in [1.165, 1.54) is 24.8 Å². The largest absolute Gasteiger partial charge is 0.356 e. The normalized spacial score (nSPS) is 12.0. The molecule has 0 bridgehead atoms. The average molecular weight is 473 g/mol. The molecule has 1 amide bonds. The van der Waals surface area contributed by atoms with Crippen molar-refractivity contribution in [3.63, 3.8) is 0 Å². The minimum absolute atomic E-state index is 0.157. The number of hydrogen-bond donors (Lipinski definition) is 2. The number of carbonyl (C=O) groups excluding carboxylic acids is 1. The maximum atomic E-state index is 14.2. The van der Waals surface area contributed by atoms with Gasteiger partial charge in [0.2, 0.25) is 5.91 Å². The third kappa shape index (κ3) is 8.16. The van der Waals surface area contributed by atoms with Gasteiger partial charge >= 0.3 is 0 Å². The van der Waals surface area contributed by atoms with E-state index in [1.54, 1.807) is 18.3 Å². The fraction of sp³-hybridized carbons (Fsp3) is 0.417. The van der Waals surface area contributed by atoms with Crippen LogP contribution in [0.2, 0.25) is 0 Å². The van der Waals surface area contributed by atoms with Crippen LogP contribution >= 0.6 is 11.8 Å². The summed E-state index contributed by atoms with van der Waals surface area (Å²) in [7, 11) is 0. The molecule has 2 aromatic rings. The van der Waals surface area contributed by atoms with Crippen LogP contribution in [0.15, 0.2) is 40.6 Å². The number of benzene rings is 1. The van der Waals surface area contributed by atoms with Crippen molar-refractivity contribution in [2.45, 2.75) is 52.6 Å². The third-order valence-corrected chi connectivity index (χ3v) is 5.23. The molecule has 0 aliphatic heterocycles. The summed E-state index contributed by atoms with van der Waals surface area (Å²) in [5, 5.41) is 6.40. The first-order valence-corrected chi connectivity index (χ1v) is 12.2. The van der Waals surface area contributed by atoms with Crippen molar-refractivity contribution >= 4 is 46.4 Å². The van der Waals surface area contributed by atoms with Gasteiger partial charge in [0.05, 0.1) is 5.69 Å². The molecule has 178 valence electrons. The number of anilines is 3. The number of nitrogens with zero attached hydrogens (tertiary/aromatic N) is 4. The minimum atomic E-state index is -0.490. The van der Waals surface area contributed by atoms with E-state index in [4.69, 9.17) is 0 Å². The predicted molar refractivity (Wildman–Crippen MR) is 138 cm³/mol. The molecule has 0 aliphatic rings. The summed E-state index contributed by atoms with van der Waals surface area (Å²) in [6.45, 7) is 11.2. The fourth-order valence-electron chi connectivity index (χ4n) is 3.15. The van der Waals surface area contributed by atoms with Crippen LogP contribution in [-0.4, -0.2) is 41.1 Å². The summed E-state index contributed by atoms with van der Waals surface area (Å²) >= 11 is 1.50. The Morgan fingerprint density at radius 1 is 1.12 bits per heavy atom. The van der Waals surface area contributed by atoms with Crippen LogP contribution in [0.25, 0.3) is 5.57 Å². The summed E-state index contributed by atoms with van der Waals surface area (Å²) in [4.78, 5) is 27.1. The van der Waals surface area contributed by atoms with Crippen molar-refractivity contribution in [1.82, 2.24) is 9.97 Å². The van der Waals surface area contributed by atoms with Crippen molar-refractivity contribution in [2.24, 2.45) is 4.99 Å². The van der Waals surface area contributed by atoms with E-state index < -0.39 is 5.82 Å². The Labute approximate surface area is 200 Å². The summed E-state index contributed by atoms with van der Waals surface area (Å²) in [5.41, 5.74) is 1.63. The Morgan fingerprint density at radius 2 is 1.82 bits per heavy atom. The number of nitrogens with one attached hydrogen (secondary N) is 2. The lowest BCUT2D eigenvalue weighted by molar-refractivity contribution is -0.114. The highest BCUT2D eigenvalue weighted by Crippen LogP contribution is 2.22. The van der Waals surface area contributed by atoms with E-state index in [0.29, 0.717) is 22.4 Å². The van der Waals surface area contributed by atoms with Gasteiger partial charge in [-0.1, -0.05) is 31.7 Å². The van der Waals surface area contributed by atoms with E-state index >= 15 is 0 Å². The van der Waals surface area contributed by atoms with Gasteiger partial charge in [-0.3, -0.25) is 4.79 Å². The fourth-order valence-corrected chi connectivity index (χ4v) is 3.52. The van der Waals surface area contributed by atoms with Gasteiger partial charge in [0, 0.05) is 32.3 Å². The molecule has 0 radical (unpaired) electrons. The molecule has 2 rings (SSSR count). The van der Waals surface area contributed by atoms with E-state index in [-0.39, 0.29) is 11.6 Å². The van der Waals surface area contributed by atoms with Crippen molar-refractivity contribution < 1.29 is 9.18 Å². The molecule has 0 fully saturated rings. The van der Waals surface area contributed by atoms with Gasteiger partial charge in [0.25, 0.3) is 0 Å². The quantitative estimate of drug-likeness (QED) is 0.196. The van der Waals surface area contributed by atoms with E-state index in [9.17, 15) is 9.18 Å². The Bertz CT molecular complexity index is 1020. The number of aromatic nitrogens is 2. The molecule has 1 heterocycles. The molecule has 7 nitrogen and oxygen atoms in total. The van der Waals surface area contributed by atoms with Crippen LogP contribution in [0.4, 0.5) is 21.7 Å². The predicted octanol–water partition coefficient (Wildman–Crippen LogP) is 5.81. The first kappa shape index (κ1) is 26.3. The highest BCUT2D eigenvalue weighted by atomic mass is 32.2. The first-order chi connectivity index (χ1) is 15.8. The van der Waals surface area contributed by atoms with Gasteiger partial charge in [-0.2, -0.15) is 0 Å². The van der Waals surface area contributed by atoms with Gasteiger partial charge in [-0.05, 0) is 56.2 Å². The molecule has 0 saturated carbocycles. The number of rotatable bonds is 10. The Morgan fingerprint density at radius 3 is 2.39 bits per heavy atom. The second kappa shape index (κ2) is 12.9. The Kier molecular flexibility index (Phi) is 10.3. The number of thioether (sulfide) groups is 1. The first-order valence-electron chi connectivity index (χ1n) is 11.0. The lowest BCUT2D eigenvalue weighted by atomic mass is 10.1. The minimum Gasteiger partial charge on any atom is -0.356 e. The van der Waals surface area contributed by atoms with Crippen LogP contribution in [0.3, 0.4) is 0 Å². The van der Waals surface area contributed by atoms with Crippen LogP contribution < -0.4 is 15.5 Å². The summed E-state index contributed by atoms with van der Waals surface area (Å²) in [6, 6.07) is 6.61. The van der Waals surface area contributed by atoms with Gasteiger partial charge in [-0.25, -0.2) is 19.4 Å². The maximum absolute atomic E-state index is 14.2. The Hall–Kier alpha value is -2.94. The van der Waals surface area contributed by atoms with E-state index in [2.05, 4.69) is 44.3 Å². The number of aliphatic imine (C=N–C) groups is 1. The van der Waals surface area contributed by atoms with Crippen LogP contribution in [0.5, 0.6) is 0 Å². The van der Waals surface area contributed by atoms with Crippen LogP contribution in [0, 0.1) is 5.82 Å². The zero-order chi connectivity index (χ0) is 24.4. The summed E-state index contributed by atoms with van der Waals surface area (Å²) in [5.74, 6) is 1.43. The molecule has 0 aliphatic carbocycles. The third-order valence-electron chi connectivity index (χ3n) is 4.68. The molecule has 0 unspecified atom stereocenters. The van der Waals surface area contributed by atoms with Crippen LogP contribution in [-0.2, 0) is 4.79 Å². The number of hydrogen-bond acceptors (Lipinski definition) is 6. The van der Waals surface area contributed by atoms with Crippen LogP contribution in [0.1, 0.15) is 53.0 Å². The SMILES string of the molecule is CCCN(CCC)c1cc(NC(C)=N/C=C(\C)c2ccc(NC(C)=O)c(F)c2)nc(SC)n1. The standard InChI is InChI=1S/C24H33FN6OS/c1-7-11-31(12-8-2)23-14-22(29-24(30-23)33-6)27-17(4)26-15-16(3)19-9-10-21(20(25)13-19)28-18(5)32/h9-10,13-15H,7-8,11-12H2,1-6H3,(H,28,32)(H,26,27,29,30)/b16-15+. The smallest absolute Gasteiger partial charge is 0.221 e. The molecular weight excluding hydrogens is 439 g/mol. The highest BCUT2D eigenvalue weighted by molar-refractivity contribution is 7.98. The summed E-state index contributed by atoms with van der Waals surface area (Å²) in [6.07, 6.45) is 5.71. The molecule has 2 N–H and O–H groups in total. The number of amidine groups is 1. The highest BCUT2D eigenvalue weighted by Gasteiger charge is 2.11. The number of allylic oxidation sites excluding steroid dienone is 1. The lowest BCUT2D eigenvalue weighted by Crippen LogP contribution is -2.26. The van der Waals surface area contributed by atoms with Crippen molar-refractivity contribution in [3.05, 3.63) is 41.8 Å². The maximum Gasteiger partial charge on any atom is 0.221 e. The van der Waals surface area contributed by atoms with E-state index in [1.807, 2.05) is 26.2 Å². The molecule has 1 aromatic heterocycles. The van der Waals surface area contributed by atoms with Gasteiger partial charge in [0.1, 0.15) is 23.3 Å². The number of halogens is 1. The lowest BCUT2D eigenvalue weighted by Gasteiger charge is -2.23. The second-order valence-corrected chi connectivity index (χ2v) is 8.39. The van der Waals surface area contributed by atoms with Crippen molar-refractivity contribution in [3.8, 4) is 0 Å². The van der Waals surface area contributed by atoms with Crippen molar-refractivity contribution in [2.75, 3.05) is 34.9 Å². The van der Waals surface area contributed by atoms with Gasteiger partial charge in [-0.15, -0.1) is 0 Å². The molecule has 0 saturated heterocycles. The molecular formula is C24H33FN6OS. The van der Waals surface area contributed by atoms with E-state index in [0.717, 1.165) is 37.3 Å². The topological polar surface area (TPSA) is 82.5 Å². The zero-order valence-electron chi connectivity index (χ0n) is 20.2.